The minimum absolute atomic E-state index is 0.116. The van der Waals surface area contributed by atoms with Gasteiger partial charge in [-0.25, -0.2) is 13.1 Å². The summed E-state index contributed by atoms with van der Waals surface area (Å²) in [5, 5.41) is 11.3. The molecule has 144 valence electrons. The number of nitrogens with one attached hydrogen (secondary N) is 2. The van der Waals surface area contributed by atoms with E-state index in [1.807, 2.05) is 0 Å². The van der Waals surface area contributed by atoms with Crippen molar-refractivity contribution in [3.63, 3.8) is 0 Å². The fourth-order valence-corrected chi connectivity index (χ4v) is 5.94. The van der Waals surface area contributed by atoms with E-state index in [0.717, 1.165) is 11.3 Å². The molecule has 0 radical (unpaired) electrons. The SMILES string of the molecule is O=C(Nc1ccc2c(c1)S(=O)(=O)NC2)c1nnc(Sc2c(Cl)cncc2Cl)s1. The molecule has 0 atom stereocenters. The van der Waals surface area contributed by atoms with Crippen molar-refractivity contribution in [3.05, 3.63) is 51.2 Å². The van der Waals surface area contributed by atoms with Gasteiger partial charge in [0.15, 0.2) is 4.34 Å². The lowest BCUT2D eigenvalue weighted by Gasteiger charge is -2.04. The highest BCUT2D eigenvalue weighted by molar-refractivity contribution is 8.01. The van der Waals surface area contributed by atoms with Gasteiger partial charge in [0.1, 0.15) is 0 Å². The Morgan fingerprint density at radius 3 is 2.71 bits per heavy atom. The summed E-state index contributed by atoms with van der Waals surface area (Å²) >= 11 is 14.4. The molecule has 1 aromatic carbocycles. The number of rotatable bonds is 4. The van der Waals surface area contributed by atoms with Crippen LogP contribution in [0.2, 0.25) is 10.0 Å². The van der Waals surface area contributed by atoms with Gasteiger partial charge in [-0.2, -0.15) is 0 Å². The highest BCUT2D eigenvalue weighted by Crippen LogP contribution is 2.39. The van der Waals surface area contributed by atoms with Crippen molar-refractivity contribution in [3.8, 4) is 0 Å². The van der Waals surface area contributed by atoms with Crippen molar-refractivity contribution in [2.45, 2.75) is 20.7 Å². The molecular weight excluding hydrogens is 465 g/mol. The summed E-state index contributed by atoms with van der Waals surface area (Å²) in [7, 11) is -3.53. The molecular formula is C15H9Cl2N5O3S3. The average molecular weight is 474 g/mol. The molecule has 0 aliphatic carbocycles. The number of sulfonamides is 1. The maximum atomic E-state index is 12.4. The molecule has 1 amide bonds. The minimum Gasteiger partial charge on any atom is -0.320 e. The van der Waals surface area contributed by atoms with Gasteiger partial charge in [0.25, 0.3) is 5.91 Å². The second-order valence-electron chi connectivity index (χ2n) is 5.51. The number of pyridine rings is 1. The Balaban J connectivity index is 1.51. The van der Waals surface area contributed by atoms with Gasteiger partial charge in [-0.1, -0.05) is 52.4 Å². The number of anilines is 1. The zero-order valence-corrected chi connectivity index (χ0v) is 17.6. The Hall–Kier alpha value is -1.76. The molecule has 3 heterocycles. The molecule has 0 fully saturated rings. The second-order valence-corrected chi connectivity index (χ2v) is 10.3. The Morgan fingerprint density at radius 2 is 1.96 bits per heavy atom. The van der Waals surface area contributed by atoms with Crippen molar-refractivity contribution in [1.82, 2.24) is 19.9 Å². The monoisotopic (exact) mass is 473 g/mol. The summed E-state index contributed by atoms with van der Waals surface area (Å²) in [6, 6.07) is 4.69. The first-order valence-corrected chi connectivity index (χ1v) is 11.4. The van der Waals surface area contributed by atoms with Crippen LogP contribution >= 0.6 is 46.3 Å². The largest absolute Gasteiger partial charge is 0.320 e. The molecule has 13 heteroatoms. The Kier molecular flexibility index (Phi) is 5.29. The molecule has 1 aliphatic heterocycles. The summed E-state index contributed by atoms with van der Waals surface area (Å²) in [6.45, 7) is 0.239. The van der Waals surface area contributed by atoms with E-state index < -0.39 is 15.9 Å². The average Bonchev–Trinajstić information content (AvgIpc) is 3.23. The van der Waals surface area contributed by atoms with Crippen molar-refractivity contribution in [2.75, 3.05) is 5.32 Å². The maximum Gasteiger partial charge on any atom is 0.286 e. The first-order valence-electron chi connectivity index (χ1n) is 7.58. The quantitative estimate of drug-likeness (QED) is 0.596. The summed E-state index contributed by atoms with van der Waals surface area (Å²) in [5.74, 6) is -0.500. The summed E-state index contributed by atoms with van der Waals surface area (Å²) < 4.78 is 26.7. The van der Waals surface area contributed by atoms with Crippen LogP contribution in [-0.4, -0.2) is 29.5 Å². The number of aromatic nitrogens is 3. The molecule has 1 aliphatic rings. The molecule has 0 unspecified atom stereocenters. The van der Waals surface area contributed by atoms with Crippen LogP contribution in [0.1, 0.15) is 15.4 Å². The molecule has 8 nitrogen and oxygen atoms in total. The lowest BCUT2D eigenvalue weighted by molar-refractivity contribution is 0.102. The smallest absolute Gasteiger partial charge is 0.286 e. The number of nitrogens with zero attached hydrogens (tertiary/aromatic N) is 3. The zero-order valence-electron chi connectivity index (χ0n) is 13.6. The highest BCUT2D eigenvalue weighted by Gasteiger charge is 2.26. The van der Waals surface area contributed by atoms with Crippen LogP contribution in [0, 0.1) is 0 Å². The molecule has 0 saturated carbocycles. The normalized spacial score (nSPS) is 14.6. The highest BCUT2D eigenvalue weighted by atomic mass is 35.5. The van der Waals surface area contributed by atoms with Gasteiger partial charge in [0, 0.05) is 24.6 Å². The van der Waals surface area contributed by atoms with Crippen LogP contribution in [0.3, 0.4) is 0 Å². The Bertz CT molecular complexity index is 1180. The lowest BCUT2D eigenvalue weighted by Crippen LogP contribution is -2.14. The van der Waals surface area contributed by atoms with E-state index in [4.69, 9.17) is 23.2 Å². The zero-order chi connectivity index (χ0) is 19.9. The number of halogens is 2. The fraction of sp³-hybridized carbons (Fsp3) is 0.0667. The van der Waals surface area contributed by atoms with Crippen LogP contribution < -0.4 is 10.0 Å². The van der Waals surface area contributed by atoms with Crippen LogP contribution in [0.4, 0.5) is 5.69 Å². The first kappa shape index (κ1) is 19.6. The predicted molar refractivity (Wildman–Crippen MR) is 107 cm³/mol. The van der Waals surface area contributed by atoms with Gasteiger partial charge < -0.3 is 5.32 Å². The molecule has 2 N–H and O–H groups in total. The van der Waals surface area contributed by atoms with Gasteiger partial charge in [0.2, 0.25) is 15.0 Å². The van der Waals surface area contributed by atoms with Crippen LogP contribution in [0.5, 0.6) is 0 Å². The molecule has 28 heavy (non-hydrogen) atoms. The Morgan fingerprint density at radius 1 is 1.21 bits per heavy atom. The Labute approximate surface area is 177 Å². The second kappa shape index (κ2) is 7.58. The predicted octanol–water partition coefficient (Wildman–Crippen LogP) is 3.44. The molecule has 4 rings (SSSR count). The number of hydrogen-bond acceptors (Lipinski definition) is 8. The summed E-state index contributed by atoms with van der Waals surface area (Å²) in [4.78, 5) is 17.0. The number of amides is 1. The molecule has 0 bridgehead atoms. The standard InChI is InChI=1S/C15H9Cl2N5O3S3/c16-9-5-18-6-10(17)12(9)26-15-22-21-14(27-15)13(23)20-8-2-1-7-4-19-28(24,25)11(7)3-8/h1-3,5-6,19H,4H2,(H,20,23). The van der Waals surface area contributed by atoms with Gasteiger partial charge in [0.05, 0.1) is 19.8 Å². The van der Waals surface area contributed by atoms with E-state index in [9.17, 15) is 13.2 Å². The summed E-state index contributed by atoms with van der Waals surface area (Å²) in [6.07, 6.45) is 2.92. The molecule has 0 spiro atoms. The minimum atomic E-state index is -3.53. The van der Waals surface area contributed by atoms with Crippen molar-refractivity contribution < 1.29 is 13.2 Å². The lowest BCUT2D eigenvalue weighted by atomic mass is 10.2. The third-order valence-electron chi connectivity index (χ3n) is 3.67. The van der Waals surface area contributed by atoms with Crippen LogP contribution in [0.15, 0.2) is 44.7 Å². The topological polar surface area (TPSA) is 114 Å². The third kappa shape index (κ3) is 3.86. The molecule has 2 aromatic heterocycles. The van der Waals surface area contributed by atoms with Crippen molar-refractivity contribution in [2.24, 2.45) is 0 Å². The van der Waals surface area contributed by atoms with Crippen LogP contribution in [-0.2, 0) is 16.6 Å². The van der Waals surface area contributed by atoms with Gasteiger partial charge in [-0.15, -0.1) is 10.2 Å². The molecule has 3 aromatic rings. The number of carbonyl (C=O) groups excluding carboxylic acids is 1. The third-order valence-corrected chi connectivity index (χ3v) is 8.06. The van der Waals surface area contributed by atoms with E-state index in [1.54, 1.807) is 12.1 Å². The van der Waals surface area contributed by atoms with E-state index in [0.29, 0.717) is 30.5 Å². The summed E-state index contributed by atoms with van der Waals surface area (Å²) in [5.41, 5.74) is 0.999. The van der Waals surface area contributed by atoms with E-state index in [2.05, 4.69) is 25.2 Å². The van der Waals surface area contributed by atoms with Gasteiger partial charge >= 0.3 is 0 Å². The fourth-order valence-electron chi connectivity index (χ4n) is 2.39. The van der Waals surface area contributed by atoms with Crippen molar-refractivity contribution >= 4 is 67.9 Å². The first-order chi connectivity index (χ1) is 13.3. The van der Waals surface area contributed by atoms with Crippen LogP contribution in [0.25, 0.3) is 0 Å². The van der Waals surface area contributed by atoms with Crippen molar-refractivity contribution in [1.29, 1.82) is 0 Å². The maximum absolute atomic E-state index is 12.4. The van der Waals surface area contributed by atoms with Gasteiger partial charge in [-0.05, 0) is 17.7 Å². The number of benzene rings is 1. The molecule has 0 saturated heterocycles. The van der Waals surface area contributed by atoms with E-state index in [-0.39, 0.29) is 16.4 Å². The number of fused-ring (bicyclic) bond motifs is 1. The van der Waals surface area contributed by atoms with E-state index >= 15 is 0 Å². The number of hydrogen-bond donors (Lipinski definition) is 2. The van der Waals surface area contributed by atoms with E-state index in [1.165, 1.54) is 30.2 Å². The van der Waals surface area contributed by atoms with Gasteiger partial charge in [-0.3, -0.25) is 9.78 Å². The number of carbonyl (C=O) groups is 1.